The van der Waals surface area contributed by atoms with Gasteiger partial charge in [0.1, 0.15) is 17.5 Å². The number of benzene rings is 3. The second-order valence-electron chi connectivity index (χ2n) is 18.8. The van der Waals surface area contributed by atoms with Crippen molar-refractivity contribution < 1.29 is 37.0 Å². The van der Waals surface area contributed by atoms with E-state index in [1.165, 1.54) is 10.1 Å². The van der Waals surface area contributed by atoms with E-state index in [1.54, 1.807) is 17.8 Å². The van der Waals surface area contributed by atoms with Gasteiger partial charge in [0.25, 0.3) is 0 Å². The van der Waals surface area contributed by atoms with Crippen LogP contribution in [-0.4, -0.2) is 102 Å². The van der Waals surface area contributed by atoms with Gasteiger partial charge in [-0.3, -0.25) is 28.9 Å². The molecule has 366 valence electrons. The molecule has 3 N–H and O–H groups in total. The minimum atomic E-state index is -4.71. The number of anilines is 2. The normalized spacial score (nSPS) is 19.7. The number of aliphatic hydroxyl groups is 1. The molecule has 9 rings (SSSR count). The highest BCUT2D eigenvalue weighted by molar-refractivity contribution is 6.00. The van der Waals surface area contributed by atoms with E-state index in [0.29, 0.717) is 43.1 Å². The van der Waals surface area contributed by atoms with E-state index in [4.69, 9.17) is 9.72 Å². The molecular weight excluding hydrogens is 895 g/mol. The van der Waals surface area contributed by atoms with Crippen molar-refractivity contribution in [2.24, 2.45) is 7.05 Å². The van der Waals surface area contributed by atoms with Crippen LogP contribution < -0.4 is 16.3 Å². The monoisotopic (exact) mass is 953 g/mol. The van der Waals surface area contributed by atoms with Gasteiger partial charge in [0.2, 0.25) is 17.8 Å². The molecular formula is C51H59F4N9O5. The summed E-state index contributed by atoms with van der Waals surface area (Å²) in [5.74, 6) is -1.71. The van der Waals surface area contributed by atoms with Crippen LogP contribution in [0.3, 0.4) is 0 Å². The van der Waals surface area contributed by atoms with Crippen LogP contribution in [0.15, 0.2) is 77.9 Å². The number of hydrogen-bond acceptors (Lipinski definition) is 10. The van der Waals surface area contributed by atoms with Crippen LogP contribution in [0.1, 0.15) is 93.0 Å². The number of ether oxygens (including phenoxy) is 1. The number of unbranched alkanes of at least 4 members (excludes halogenated alkanes) is 2. The molecule has 3 aliphatic rings. The molecule has 3 aromatic heterocycles. The summed E-state index contributed by atoms with van der Waals surface area (Å²) in [6, 6.07) is 16.1. The Morgan fingerprint density at radius 3 is 2.33 bits per heavy atom. The minimum absolute atomic E-state index is 0.0556. The molecule has 14 nitrogen and oxygen atoms in total. The second-order valence-corrected chi connectivity index (χ2v) is 18.8. The van der Waals surface area contributed by atoms with E-state index < -0.39 is 29.5 Å². The Morgan fingerprint density at radius 2 is 1.58 bits per heavy atom. The van der Waals surface area contributed by atoms with Gasteiger partial charge < -0.3 is 24.6 Å². The van der Waals surface area contributed by atoms with Crippen molar-refractivity contribution in [2.45, 2.75) is 102 Å². The predicted octanol–water partition coefficient (Wildman–Crippen LogP) is 8.04. The first-order valence-corrected chi connectivity index (χ1v) is 24.1. The molecule has 0 radical (unpaired) electrons. The molecule has 6 aromatic rings. The fourth-order valence-corrected chi connectivity index (χ4v) is 10.1. The summed E-state index contributed by atoms with van der Waals surface area (Å²) < 4.78 is 65.6. The summed E-state index contributed by atoms with van der Waals surface area (Å²) in [5, 5.41) is 16.1. The zero-order chi connectivity index (χ0) is 48.2. The molecule has 3 fully saturated rings. The molecule has 0 spiro atoms. The van der Waals surface area contributed by atoms with Crippen LogP contribution in [0.5, 0.6) is 0 Å². The van der Waals surface area contributed by atoms with Gasteiger partial charge in [-0.15, -0.1) is 0 Å². The van der Waals surface area contributed by atoms with Gasteiger partial charge in [-0.05, 0) is 118 Å². The Balaban J connectivity index is 0.708. The lowest BCUT2D eigenvalue weighted by atomic mass is 9.93. The fourth-order valence-electron chi connectivity index (χ4n) is 10.1. The summed E-state index contributed by atoms with van der Waals surface area (Å²) in [7, 11) is 1.71. The third-order valence-electron chi connectivity index (χ3n) is 13.9. The van der Waals surface area contributed by atoms with Crippen molar-refractivity contribution in [2.75, 3.05) is 51.3 Å². The van der Waals surface area contributed by atoms with E-state index in [1.807, 2.05) is 18.2 Å². The highest BCUT2D eigenvalue weighted by atomic mass is 19.4. The van der Waals surface area contributed by atoms with Gasteiger partial charge in [-0.25, -0.2) is 14.2 Å². The first-order chi connectivity index (χ1) is 33.3. The fraction of sp³-hybridized carbons (Fsp3) is 0.471. The average Bonchev–Trinajstić information content (AvgIpc) is 3.82. The van der Waals surface area contributed by atoms with Crippen molar-refractivity contribution in [3.05, 3.63) is 106 Å². The van der Waals surface area contributed by atoms with Gasteiger partial charge in [0, 0.05) is 94.5 Å². The van der Waals surface area contributed by atoms with Gasteiger partial charge in [0.05, 0.1) is 22.7 Å². The van der Waals surface area contributed by atoms with Crippen molar-refractivity contribution in [1.82, 2.24) is 38.8 Å². The van der Waals surface area contributed by atoms with Crippen LogP contribution in [-0.2, 0) is 40.5 Å². The number of imide groups is 1. The molecule has 3 aromatic carbocycles. The van der Waals surface area contributed by atoms with Crippen LogP contribution in [0.25, 0.3) is 33.2 Å². The maximum absolute atomic E-state index is 14.2. The summed E-state index contributed by atoms with van der Waals surface area (Å²) in [5.41, 5.74) is 4.83. The van der Waals surface area contributed by atoms with Gasteiger partial charge in [0.15, 0.2) is 0 Å². The van der Waals surface area contributed by atoms with Crippen molar-refractivity contribution >= 4 is 45.5 Å². The standard InChI is InChI=1S/C51H59F4N9O5/c1-60-45-26-33(9-16-43(45)64(50(60)68)44-17-18-46(66)58-48(44)67)6-5-25-69-24-4-2-3-19-61-20-22-62(23-21-61)31-34-7-10-35(11-8-34)42-32-63(39-12-14-40(65)15-13-39)47-41(42)30-56-49(59-47)57-38-28-36(51(53,54)55)27-37(52)29-38/h7-11,16,26-30,32,39-40,44,65H,2-6,12-15,17-25,31H2,1H3,(H,56,57,59)(H,58,66,67). The second kappa shape index (κ2) is 21.0. The van der Waals surface area contributed by atoms with E-state index in [-0.39, 0.29) is 41.8 Å². The number of amides is 2. The van der Waals surface area contributed by atoms with E-state index in [9.17, 15) is 37.1 Å². The number of aryl methyl sites for hydroxylation is 2. The Morgan fingerprint density at radius 1 is 0.841 bits per heavy atom. The summed E-state index contributed by atoms with van der Waals surface area (Å²) in [6.45, 7) is 7.32. The zero-order valence-corrected chi connectivity index (χ0v) is 38.8. The van der Waals surface area contributed by atoms with E-state index in [2.05, 4.69) is 60.4 Å². The quantitative estimate of drug-likeness (QED) is 0.0466. The number of piperidine rings is 1. The Bertz CT molecular complexity index is 2840. The lowest BCUT2D eigenvalue weighted by Crippen LogP contribution is -2.46. The lowest BCUT2D eigenvalue weighted by Gasteiger charge is -2.34. The zero-order valence-electron chi connectivity index (χ0n) is 38.8. The number of piperazine rings is 1. The molecule has 69 heavy (non-hydrogen) atoms. The number of nitrogens with one attached hydrogen (secondary N) is 2. The van der Waals surface area contributed by atoms with Gasteiger partial charge in [-0.1, -0.05) is 30.3 Å². The van der Waals surface area contributed by atoms with E-state index in [0.717, 1.165) is 131 Å². The maximum atomic E-state index is 14.2. The maximum Gasteiger partial charge on any atom is 0.416 e. The number of carbonyl (C=O) groups excluding carboxylic acids is 2. The summed E-state index contributed by atoms with van der Waals surface area (Å²) in [6.07, 6.45) is 6.91. The average molecular weight is 954 g/mol. The largest absolute Gasteiger partial charge is 0.416 e. The topological polar surface area (TPSA) is 152 Å². The number of aromatic nitrogens is 5. The molecule has 1 atom stereocenters. The number of alkyl halides is 3. The number of nitrogens with zero attached hydrogens (tertiary/aromatic N) is 7. The number of carbonyl (C=O) groups is 2. The third-order valence-corrected chi connectivity index (χ3v) is 13.9. The number of halogens is 4. The highest BCUT2D eigenvalue weighted by Crippen LogP contribution is 2.38. The highest BCUT2D eigenvalue weighted by Gasteiger charge is 2.33. The Kier molecular flexibility index (Phi) is 14.6. The van der Waals surface area contributed by atoms with Gasteiger partial charge in [-0.2, -0.15) is 18.2 Å². The van der Waals surface area contributed by atoms with Gasteiger partial charge >= 0.3 is 11.9 Å². The Hall–Kier alpha value is -5.95. The van der Waals surface area contributed by atoms with Crippen LogP contribution in [0.2, 0.25) is 0 Å². The number of hydrogen-bond donors (Lipinski definition) is 3. The summed E-state index contributed by atoms with van der Waals surface area (Å²) >= 11 is 0. The number of fused-ring (bicyclic) bond motifs is 2. The number of rotatable bonds is 17. The van der Waals surface area contributed by atoms with Crippen molar-refractivity contribution in [1.29, 1.82) is 0 Å². The molecule has 2 amide bonds. The smallest absolute Gasteiger partial charge is 0.393 e. The lowest BCUT2D eigenvalue weighted by molar-refractivity contribution is -0.138. The molecule has 1 aliphatic carbocycles. The molecule has 5 heterocycles. The molecule has 0 bridgehead atoms. The number of imidazole rings is 1. The molecule has 2 aliphatic heterocycles. The molecule has 2 saturated heterocycles. The number of aliphatic hydroxyl groups excluding tert-OH is 1. The van der Waals surface area contributed by atoms with Crippen LogP contribution in [0, 0.1) is 5.82 Å². The van der Waals surface area contributed by atoms with Crippen molar-refractivity contribution in [3.63, 3.8) is 0 Å². The molecule has 1 unspecified atom stereocenters. The van der Waals surface area contributed by atoms with E-state index >= 15 is 0 Å². The van der Waals surface area contributed by atoms with Crippen molar-refractivity contribution in [3.8, 4) is 11.1 Å². The first-order valence-electron chi connectivity index (χ1n) is 24.1. The third kappa shape index (κ3) is 11.2. The van der Waals surface area contributed by atoms with Crippen LogP contribution >= 0.6 is 0 Å². The molecule has 18 heteroatoms. The predicted molar refractivity (Wildman–Crippen MR) is 254 cm³/mol. The SMILES string of the molecule is Cn1c(=O)n(C2CCC(=O)NC2=O)c2ccc(CCCOCCCCCN3CCN(Cc4ccc(-c5cn(C6CCC(O)CC6)c6nc(Nc7cc(F)cc(C(F)(F)F)c7)ncc56)cc4)CC3)cc21. The first kappa shape index (κ1) is 48.1. The Labute approximate surface area is 397 Å². The minimum Gasteiger partial charge on any atom is -0.393 e. The summed E-state index contributed by atoms with van der Waals surface area (Å²) in [4.78, 5) is 51.4. The molecule has 1 saturated carbocycles. The van der Waals surface area contributed by atoms with Crippen LogP contribution in [0.4, 0.5) is 29.2 Å².